The van der Waals surface area contributed by atoms with Gasteiger partial charge in [-0.2, -0.15) is 0 Å². The Labute approximate surface area is 111 Å². The summed E-state index contributed by atoms with van der Waals surface area (Å²) in [6.07, 6.45) is 0.696. The van der Waals surface area contributed by atoms with Crippen LogP contribution in [0.25, 0.3) is 11.1 Å². The van der Waals surface area contributed by atoms with Gasteiger partial charge in [0.25, 0.3) is 0 Å². The van der Waals surface area contributed by atoms with Gasteiger partial charge in [-0.1, -0.05) is 6.92 Å². The van der Waals surface area contributed by atoms with Gasteiger partial charge in [0, 0.05) is 19.2 Å². The van der Waals surface area contributed by atoms with Gasteiger partial charge in [-0.25, -0.2) is 17.9 Å². The molecule has 2 rings (SSSR count). The van der Waals surface area contributed by atoms with Gasteiger partial charge in [-0.15, -0.1) is 0 Å². The highest BCUT2D eigenvalue weighted by Crippen LogP contribution is 2.18. The molecule has 1 aromatic carbocycles. The molecule has 1 heterocycles. The fraction of sp³-hybridized carbons (Fsp3) is 0.417. The van der Waals surface area contributed by atoms with E-state index in [1.54, 1.807) is 20.0 Å². The summed E-state index contributed by atoms with van der Waals surface area (Å²) < 4.78 is 33.1. The highest BCUT2D eigenvalue weighted by molar-refractivity contribution is 7.89. The van der Waals surface area contributed by atoms with Gasteiger partial charge < -0.3 is 4.42 Å². The van der Waals surface area contributed by atoms with Crippen molar-refractivity contribution in [3.05, 3.63) is 28.7 Å². The Bertz CT molecular complexity index is 758. The molecule has 0 bridgehead atoms. The van der Waals surface area contributed by atoms with Crippen molar-refractivity contribution in [3.8, 4) is 0 Å². The SMILES string of the molecule is CC[C@@H](C)NS(=O)(=O)c1ccc2c(c1)oc(=O)n2C. The summed E-state index contributed by atoms with van der Waals surface area (Å²) in [5.41, 5.74) is 0.826. The highest BCUT2D eigenvalue weighted by atomic mass is 32.2. The standard InChI is InChI=1S/C12H16N2O4S/c1-4-8(2)13-19(16,17)9-5-6-10-11(7-9)18-12(15)14(10)3/h5-8,13H,4H2,1-3H3/t8-/m1/s1. The molecule has 0 radical (unpaired) electrons. The summed E-state index contributed by atoms with van der Waals surface area (Å²) in [6.45, 7) is 3.69. The fourth-order valence-electron chi connectivity index (χ4n) is 1.70. The van der Waals surface area contributed by atoms with E-state index in [2.05, 4.69) is 4.72 Å². The first-order chi connectivity index (χ1) is 8.85. The van der Waals surface area contributed by atoms with Crippen LogP contribution in [-0.2, 0) is 17.1 Å². The van der Waals surface area contributed by atoms with Crippen LogP contribution < -0.4 is 10.5 Å². The van der Waals surface area contributed by atoms with Crippen LogP contribution in [0.2, 0.25) is 0 Å². The average molecular weight is 284 g/mol. The number of benzene rings is 1. The number of fused-ring (bicyclic) bond motifs is 1. The first kappa shape index (κ1) is 13.8. The molecule has 0 aliphatic carbocycles. The molecule has 2 aromatic rings. The predicted octanol–water partition coefficient (Wildman–Crippen LogP) is 1.21. The third kappa shape index (κ3) is 2.57. The van der Waals surface area contributed by atoms with E-state index in [9.17, 15) is 13.2 Å². The number of oxazole rings is 1. The number of hydrogen-bond donors (Lipinski definition) is 1. The second-order valence-electron chi connectivity index (χ2n) is 4.49. The lowest BCUT2D eigenvalue weighted by atomic mass is 10.3. The molecule has 0 saturated heterocycles. The van der Waals surface area contributed by atoms with Crippen LogP contribution in [0, 0.1) is 0 Å². The Kier molecular flexibility index (Phi) is 3.51. The zero-order valence-electron chi connectivity index (χ0n) is 11.0. The topological polar surface area (TPSA) is 81.3 Å². The van der Waals surface area contributed by atoms with Crippen LogP contribution in [0.3, 0.4) is 0 Å². The van der Waals surface area contributed by atoms with E-state index in [0.717, 1.165) is 0 Å². The van der Waals surface area contributed by atoms with Crippen molar-refractivity contribution in [1.29, 1.82) is 0 Å². The number of aryl methyl sites for hydroxylation is 1. The minimum absolute atomic E-state index is 0.0923. The molecule has 1 aromatic heterocycles. The van der Waals surface area contributed by atoms with Crippen molar-refractivity contribution in [1.82, 2.24) is 9.29 Å². The molecular formula is C12H16N2O4S. The minimum Gasteiger partial charge on any atom is -0.408 e. The number of aromatic nitrogens is 1. The summed E-state index contributed by atoms with van der Waals surface area (Å²) in [4.78, 5) is 11.4. The summed E-state index contributed by atoms with van der Waals surface area (Å²) in [6, 6.07) is 4.23. The Morgan fingerprint density at radius 3 is 2.74 bits per heavy atom. The average Bonchev–Trinajstić information content (AvgIpc) is 2.64. The maximum atomic E-state index is 12.1. The molecular weight excluding hydrogens is 268 g/mol. The number of rotatable bonds is 4. The summed E-state index contributed by atoms with van der Waals surface area (Å²) in [5.74, 6) is -0.514. The smallest absolute Gasteiger partial charge is 0.408 e. The van der Waals surface area contributed by atoms with Gasteiger partial charge in [0.1, 0.15) is 0 Å². The Morgan fingerprint density at radius 1 is 1.42 bits per heavy atom. The number of nitrogens with one attached hydrogen (secondary N) is 1. The lowest BCUT2D eigenvalue weighted by Gasteiger charge is -2.11. The monoisotopic (exact) mass is 284 g/mol. The second kappa shape index (κ2) is 4.82. The Hall–Kier alpha value is -1.60. The minimum atomic E-state index is -3.59. The van der Waals surface area contributed by atoms with Gasteiger partial charge in [0.15, 0.2) is 5.58 Å². The Morgan fingerprint density at radius 2 is 2.11 bits per heavy atom. The van der Waals surface area contributed by atoms with Crippen LogP contribution in [0.5, 0.6) is 0 Å². The molecule has 0 amide bonds. The van der Waals surface area contributed by atoms with E-state index >= 15 is 0 Å². The fourth-order valence-corrected chi connectivity index (χ4v) is 3.04. The lowest BCUT2D eigenvalue weighted by molar-refractivity contribution is 0.526. The van der Waals surface area contributed by atoms with Crippen molar-refractivity contribution < 1.29 is 12.8 Å². The van der Waals surface area contributed by atoms with Gasteiger partial charge in [0.2, 0.25) is 10.0 Å². The molecule has 7 heteroatoms. The molecule has 19 heavy (non-hydrogen) atoms. The van der Waals surface area contributed by atoms with Gasteiger partial charge in [-0.3, -0.25) is 4.57 Å². The van der Waals surface area contributed by atoms with Crippen molar-refractivity contribution in [3.63, 3.8) is 0 Å². The van der Waals surface area contributed by atoms with E-state index < -0.39 is 15.8 Å². The number of hydrogen-bond acceptors (Lipinski definition) is 4. The highest BCUT2D eigenvalue weighted by Gasteiger charge is 2.18. The first-order valence-corrected chi connectivity index (χ1v) is 7.45. The molecule has 0 fully saturated rings. The van der Waals surface area contributed by atoms with Crippen LogP contribution in [0.4, 0.5) is 0 Å². The number of nitrogens with zero attached hydrogens (tertiary/aromatic N) is 1. The molecule has 0 saturated carbocycles. The largest absolute Gasteiger partial charge is 0.419 e. The van der Waals surface area contributed by atoms with E-state index in [1.807, 2.05) is 6.92 Å². The maximum absolute atomic E-state index is 12.1. The van der Waals surface area contributed by atoms with Gasteiger partial charge >= 0.3 is 5.76 Å². The molecule has 1 N–H and O–H groups in total. The van der Waals surface area contributed by atoms with E-state index in [4.69, 9.17) is 4.42 Å². The zero-order chi connectivity index (χ0) is 14.2. The molecule has 6 nitrogen and oxygen atoms in total. The van der Waals surface area contributed by atoms with Crippen molar-refractivity contribution in [2.45, 2.75) is 31.2 Å². The van der Waals surface area contributed by atoms with Crippen molar-refractivity contribution in [2.75, 3.05) is 0 Å². The Balaban J connectivity index is 2.49. The quantitative estimate of drug-likeness (QED) is 0.915. The molecule has 104 valence electrons. The molecule has 1 atom stereocenters. The molecule has 0 unspecified atom stereocenters. The molecule has 0 spiro atoms. The van der Waals surface area contributed by atoms with E-state index in [1.165, 1.54) is 16.7 Å². The summed E-state index contributed by atoms with van der Waals surface area (Å²) >= 11 is 0. The summed E-state index contributed by atoms with van der Waals surface area (Å²) in [7, 11) is -2.02. The van der Waals surface area contributed by atoms with Crippen molar-refractivity contribution in [2.24, 2.45) is 7.05 Å². The third-order valence-electron chi connectivity index (χ3n) is 3.04. The predicted molar refractivity (Wildman–Crippen MR) is 71.5 cm³/mol. The molecule has 0 aliphatic heterocycles. The van der Waals surface area contributed by atoms with E-state index in [0.29, 0.717) is 11.9 Å². The van der Waals surface area contributed by atoms with Gasteiger partial charge in [0.05, 0.1) is 10.4 Å². The first-order valence-electron chi connectivity index (χ1n) is 5.97. The van der Waals surface area contributed by atoms with E-state index in [-0.39, 0.29) is 16.5 Å². The molecule has 0 aliphatic rings. The second-order valence-corrected chi connectivity index (χ2v) is 6.20. The normalized spacial score (nSPS) is 13.8. The van der Waals surface area contributed by atoms with Crippen LogP contribution in [0.15, 0.2) is 32.3 Å². The number of sulfonamides is 1. The van der Waals surface area contributed by atoms with Crippen LogP contribution >= 0.6 is 0 Å². The third-order valence-corrected chi connectivity index (χ3v) is 4.63. The zero-order valence-corrected chi connectivity index (χ0v) is 11.8. The lowest BCUT2D eigenvalue weighted by Crippen LogP contribution is -2.31. The van der Waals surface area contributed by atoms with Crippen LogP contribution in [0.1, 0.15) is 20.3 Å². The maximum Gasteiger partial charge on any atom is 0.419 e. The van der Waals surface area contributed by atoms with Gasteiger partial charge in [-0.05, 0) is 25.5 Å². The van der Waals surface area contributed by atoms with Crippen molar-refractivity contribution >= 4 is 21.1 Å². The summed E-state index contributed by atoms with van der Waals surface area (Å²) in [5, 5.41) is 0. The van der Waals surface area contributed by atoms with Crippen LogP contribution in [-0.4, -0.2) is 19.0 Å².